The number of carbonyl (C=O) groups excluding carboxylic acids is 2. The number of carboxylic acids is 1. The molecule has 2 amide bonds. The molecule has 0 aliphatic carbocycles. The predicted octanol–water partition coefficient (Wildman–Crippen LogP) is 3.53. The number of carboxylic acid groups (broad SMARTS) is 1. The average Bonchev–Trinajstić information content (AvgIpc) is 3.16. The summed E-state index contributed by atoms with van der Waals surface area (Å²) >= 11 is 0. The van der Waals surface area contributed by atoms with E-state index < -0.39 is 12.0 Å². The summed E-state index contributed by atoms with van der Waals surface area (Å²) in [6.07, 6.45) is 0.196. The number of imide groups is 1. The molecule has 7 nitrogen and oxygen atoms in total. The van der Waals surface area contributed by atoms with Crippen LogP contribution >= 0.6 is 0 Å². The second-order valence-electron chi connectivity index (χ2n) is 9.25. The monoisotopic (exact) mass is 483 g/mol. The van der Waals surface area contributed by atoms with Crippen molar-refractivity contribution in [2.24, 2.45) is 0 Å². The van der Waals surface area contributed by atoms with Gasteiger partial charge in [0, 0.05) is 32.7 Å². The molecule has 2 aliphatic heterocycles. The lowest BCUT2D eigenvalue weighted by Crippen LogP contribution is -2.54. The molecule has 3 aromatic carbocycles. The van der Waals surface area contributed by atoms with Gasteiger partial charge in [-0.1, -0.05) is 72.8 Å². The maximum atomic E-state index is 12.7. The van der Waals surface area contributed by atoms with Crippen molar-refractivity contribution < 1.29 is 19.5 Å². The fourth-order valence-corrected chi connectivity index (χ4v) is 5.35. The lowest BCUT2D eigenvalue weighted by atomic mass is 9.96. The third-order valence-corrected chi connectivity index (χ3v) is 7.17. The van der Waals surface area contributed by atoms with E-state index in [9.17, 15) is 19.5 Å². The first-order chi connectivity index (χ1) is 17.5. The topological polar surface area (TPSA) is 81.2 Å². The Kier molecular flexibility index (Phi) is 6.93. The zero-order chi connectivity index (χ0) is 25.1. The Bertz CT molecular complexity index is 1170. The third kappa shape index (κ3) is 4.67. The van der Waals surface area contributed by atoms with Gasteiger partial charge < -0.3 is 5.11 Å². The first kappa shape index (κ1) is 23.9. The van der Waals surface area contributed by atoms with Gasteiger partial charge in [-0.2, -0.15) is 0 Å². The van der Waals surface area contributed by atoms with Gasteiger partial charge in [-0.15, -0.1) is 0 Å². The number of benzene rings is 3. The number of rotatable bonds is 8. The summed E-state index contributed by atoms with van der Waals surface area (Å²) in [7, 11) is 0. The standard InChI is InChI=1S/C29H29N3O4/c33-27-23-13-7-8-14-24(23)28(34)32(27)16-15-25(29(35)36)30-17-19-31(20-18-30)26(21-9-3-1-4-10-21)22-11-5-2-6-12-22/h1-14,25-26H,15-20H2,(H,35,36). The molecule has 184 valence electrons. The van der Waals surface area contributed by atoms with Gasteiger partial charge in [-0.05, 0) is 29.7 Å². The lowest BCUT2D eigenvalue weighted by Gasteiger charge is -2.41. The summed E-state index contributed by atoms with van der Waals surface area (Å²) in [5.74, 6) is -1.63. The van der Waals surface area contributed by atoms with Crippen LogP contribution in [0.15, 0.2) is 84.9 Å². The smallest absolute Gasteiger partial charge is 0.320 e. The summed E-state index contributed by atoms with van der Waals surface area (Å²) in [6.45, 7) is 2.70. The van der Waals surface area contributed by atoms with E-state index in [-0.39, 0.29) is 30.8 Å². The Morgan fingerprint density at radius 1 is 0.694 bits per heavy atom. The van der Waals surface area contributed by atoms with Crippen molar-refractivity contribution in [2.45, 2.75) is 18.5 Å². The first-order valence-corrected chi connectivity index (χ1v) is 12.3. The van der Waals surface area contributed by atoms with Crippen molar-refractivity contribution in [1.82, 2.24) is 14.7 Å². The quantitative estimate of drug-likeness (QED) is 0.494. The Balaban J connectivity index is 1.26. The molecule has 0 radical (unpaired) electrons. The van der Waals surface area contributed by atoms with Gasteiger partial charge in [0.1, 0.15) is 6.04 Å². The molecule has 7 heteroatoms. The molecule has 2 heterocycles. The molecule has 2 aliphatic rings. The molecule has 1 unspecified atom stereocenters. The Morgan fingerprint density at radius 3 is 1.61 bits per heavy atom. The van der Waals surface area contributed by atoms with Crippen LogP contribution in [0.3, 0.4) is 0 Å². The Hall–Kier alpha value is -3.81. The van der Waals surface area contributed by atoms with Gasteiger partial charge in [0.25, 0.3) is 11.8 Å². The summed E-state index contributed by atoms with van der Waals surface area (Å²) in [5, 5.41) is 9.99. The van der Waals surface area contributed by atoms with E-state index in [1.54, 1.807) is 24.3 Å². The van der Waals surface area contributed by atoms with E-state index in [4.69, 9.17) is 0 Å². The number of nitrogens with zero attached hydrogens (tertiary/aromatic N) is 3. The molecule has 0 bridgehead atoms. The van der Waals surface area contributed by atoms with Crippen molar-refractivity contribution in [3.05, 3.63) is 107 Å². The van der Waals surface area contributed by atoms with Gasteiger partial charge in [-0.3, -0.25) is 29.1 Å². The second kappa shape index (κ2) is 10.4. The van der Waals surface area contributed by atoms with Crippen LogP contribution in [0.25, 0.3) is 0 Å². The van der Waals surface area contributed by atoms with Gasteiger partial charge in [0.05, 0.1) is 17.2 Å². The van der Waals surface area contributed by atoms with E-state index in [1.807, 2.05) is 41.3 Å². The number of carbonyl (C=O) groups is 3. The summed E-state index contributed by atoms with van der Waals surface area (Å²) in [5.41, 5.74) is 3.18. The molecule has 1 saturated heterocycles. The SMILES string of the molecule is O=C(O)C(CCN1C(=O)c2ccccc2C1=O)N1CCN(C(c2ccccc2)c2ccccc2)CC1. The molecule has 5 rings (SSSR count). The van der Waals surface area contributed by atoms with Crippen molar-refractivity contribution in [1.29, 1.82) is 0 Å². The van der Waals surface area contributed by atoms with Crippen molar-refractivity contribution >= 4 is 17.8 Å². The minimum absolute atomic E-state index is 0.0835. The molecule has 0 aromatic heterocycles. The maximum Gasteiger partial charge on any atom is 0.320 e. The van der Waals surface area contributed by atoms with Crippen molar-refractivity contribution in [3.63, 3.8) is 0 Å². The highest BCUT2D eigenvalue weighted by molar-refractivity contribution is 6.21. The summed E-state index contributed by atoms with van der Waals surface area (Å²) < 4.78 is 0. The Labute approximate surface area is 210 Å². The number of amides is 2. The van der Waals surface area contributed by atoms with Gasteiger partial charge >= 0.3 is 5.97 Å². The first-order valence-electron chi connectivity index (χ1n) is 12.3. The van der Waals surface area contributed by atoms with Crippen LogP contribution in [-0.4, -0.2) is 76.4 Å². The fourth-order valence-electron chi connectivity index (χ4n) is 5.35. The molecule has 1 fully saturated rings. The third-order valence-electron chi connectivity index (χ3n) is 7.17. The van der Waals surface area contributed by atoms with E-state index in [0.29, 0.717) is 37.3 Å². The average molecular weight is 484 g/mol. The van der Waals surface area contributed by atoms with Crippen LogP contribution in [0.2, 0.25) is 0 Å². The molecule has 0 saturated carbocycles. The minimum atomic E-state index is -0.928. The number of piperazine rings is 1. The van der Waals surface area contributed by atoms with Gasteiger partial charge in [0.2, 0.25) is 0 Å². The number of fused-ring (bicyclic) bond motifs is 1. The van der Waals surface area contributed by atoms with Crippen molar-refractivity contribution in [3.8, 4) is 0 Å². The molecule has 36 heavy (non-hydrogen) atoms. The van der Waals surface area contributed by atoms with E-state index in [0.717, 1.165) is 0 Å². The number of aliphatic carboxylic acids is 1. The van der Waals surface area contributed by atoms with Gasteiger partial charge in [0.15, 0.2) is 0 Å². The number of hydrogen-bond donors (Lipinski definition) is 1. The lowest BCUT2D eigenvalue weighted by molar-refractivity contribution is -0.144. The highest BCUT2D eigenvalue weighted by Crippen LogP contribution is 2.30. The maximum absolute atomic E-state index is 12.7. The number of hydrogen-bond acceptors (Lipinski definition) is 5. The molecular formula is C29H29N3O4. The Morgan fingerprint density at radius 2 is 1.14 bits per heavy atom. The zero-order valence-electron chi connectivity index (χ0n) is 20.0. The normalized spacial score (nSPS) is 17.4. The van der Waals surface area contributed by atoms with Crippen LogP contribution in [0.1, 0.15) is 44.3 Å². The van der Waals surface area contributed by atoms with E-state index >= 15 is 0 Å². The zero-order valence-corrected chi connectivity index (χ0v) is 20.0. The summed E-state index contributed by atoms with van der Waals surface area (Å²) in [6, 6.07) is 26.8. The van der Waals surface area contributed by atoms with Crippen molar-refractivity contribution in [2.75, 3.05) is 32.7 Å². The minimum Gasteiger partial charge on any atom is -0.480 e. The van der Waals surface area contributed by atoms with Crippen LogP contribution in [0, 0.1) is 0 Å². The highest BCUT2D eigenvalue weighted by atomic mass is 16.4. The van der Waals surface area contributed by atoms with Crippen LogP contribution in [0.5, 0.6) is 0 Å². The van der Waals surface area contributed by atoms with E-state index in [2.05, 4.69) is 29.2 Å². The van der Waals surface area contributed by atoms with E-state index in [1.165, 1.54) is 16.0 Å². The second-order valence-corrected chi connectivity index (χ2v) is 9.25. The molecule has 1 atom stereocenters. The fraction of sp³-hybridized carbons (Fsp3) is 0.276. The molecule has 1 N–H and O–H groups in total. The molecule has 3 aromatic rings. The largest absolute Gasteiger partial charge is 0.480 e. The van der Waals surface area contributed by atoms with Crippen LogP contribution in [-0.2, 0) is 4.79 Å². The molecular weight excluding hydrogens is 454 g/mol. The highest BCUT2D eigenvalue weighted by Gasteiger charge is 2.37. The molecule has 0 spiro atoms. The predicted molar refractivity (Wildman–Crippen MR) is 136 cm³/mol. The van der Waals surface area contributed by atoms with Crippen LogP contribution < -0.4 is 0 Å². The summed E-state index contributed by atoms with van der Waals surface area (Å²) in [4.78, 5) is 43.1. The van der Waals surface area contributed by atoms with Crippen LogP contribution in [0.4, 0.5) is 0 Å². The van der Waals surface area contributed by atoms with Gasteiger partial charge in [-0.25, -0.2) is 0 Å².